The Morgan fingerprint density at radius 1 is 0.875 bits per heavy atom. The fourth-order valence-electron chi connectivity index (χ4n) is 8.54. The van der Waals surface area contributed by atoms with E-state index in [0.717, 1.165) is 51.0 Å². The number of likely N-dealkylation sites (N-methyl/N-ethyl adjacent to an activating group) is 3. The summed E-state index contributed by atoms with van der Waals surface area (Å²) in [4.78, 5) is 26.4. The third kappa shape index (κ3) is 9.26. The average Bonchev–Trinajstić information content (AvgIpc) is 3.06. The van der Waals surface area contributed by atoms with Crippen molar-refractivity contribution >= 4 is 16.7 Å². The Kier molecular flexibility index (Phi) is 12.7. The van der Waals surface area contributed by atoms with Crippen LogP contribution in [0.15, 0.2) is 60.7 Å². The molecule has 5 atom stereocenters. The Hall–Kier alpha value is -2.77. The Balaban J connectivity index is 1.30. The second-order valence-electron chi connectivity index (χ2n) is 15.6. The van der Waals surface area contributed by atoms with Crippen molar-refractivity contribution in [2.45, 2.75) is 102 Å². The van der Waals surface area contributed by atoms with Gasteiger partial charge in [-0.2, -0.15) is 0 Å². The summed E-state index contributed by atoms with van der Waals surface area (Å²) < 4.78 is 0. The van der Waals surface area contributed by atoms with E-state index < -0.39 is 0 Å². The van der Waals surface area contributed by atoms with Gasteiger partial charge in [0.05, 0.1) is 6.42 Å². The standard InChI is InChI=1S/C42H63N5O/c1-31-19-21-36(32(2)24-31)27-39(43(4)5)29-46-28-33(3)47(42(48)26-34-20-22-35-14-9-10-15-37(35)25-34)30-38(46)16-13-23-45(8)41-18-12-11-17-40(41)44(6)7/h9-10,14-15,19-22,24-25,33,38-41H,11-13,16-18,23,26-30H2,1-8H3. The summed E-state index contributed by atoms with van der Waals surface area (Å²) in [6, 6.07) is 24.0. The second kappa shape index (κ2) is 16.8. The average molecular weight is 654 g/mol. The van der Waals surface area contributed by atoms with Gasteiger partial charge < -0.3 is 19.6 Å². The molecule has 6 heteroatoms. The second-order valence-corrected chi connectivity index (χ2v) is 15.6. The van der Waals surface area contributed by atoms with Crippen LogP contribution < -0.4 is 0 Å². The first-order valence-electron chi connectivity index (χ1n) is 18.6. The van der Waals surface area contributed by atoms with Crippen LogP contribution in [0, 0.1) is 13.8 Å². The van der Waals surface area contributed by atoms with Crippen molar-refractivity contribution in [2.24, 2.45) is 0 Å². The summed E-state index contributed by atoms with van der Waals surface area (Å²) in [5, 5.41) is 2.43. The maximum Gasteiger partial charge on any atom is 0.227 e. The van der Waals surface area contributed by atoms with E-state index >= 15 is 0 Å². The summed E-state index contributed by atoms with van der Waals surface area (Å²) >= 11 is 0. The Morgan fingerprint density at radius 2 is 1.60 bits per heavy atom. The molecule has 0 N–H and O–H groups in total. The van der Waals surface area contributed by atoms with Crippen molar-refractivity contribution in [3.05, 3.63) is 82.9 Å². The molecule has 48 heavy (non-hydrogen) atoms. The van der Waals surface area contributed by atoms with Crippen molar-refractivity contribution in [3.8, 4) is 0 Å². The predicted molar refractivity (Wildman–Crippen MR) is 203 cm³/mol. The number of hydrogen-bond acceptors (Lipinski definition) is 5. The fraction of sp³-hybridized carbons (Fsp3) is 0.595. The van der Waals surface area contributed by atoms with E-state index in [-0.39, 0.29) is 11.9 Å². The summed E-state index contributed by atoms with van der Waals surface area (Å²) in [5.74, 6) is 0.259. The summed E-state index contributed by atoms with van der Waals surface area (Å²) in [5.41, 5.74) is 5.26. The summed E-state index contributed by atoms with van der Waals surface area (Å²) in [6.07, 6.45) is 9.06. The van der Waals surface area contributed by atoms with Crippen LogP contribution in [0.25, 0.3) is 10.8 Å². The third-order valence-corrected chi connectivity index (χ3v) is 11.5. The van der Waals surface area contributed by atoms with E-state index in [1.165, 1.54) is 53.1 Å². The number of rotatable bonds is 13. The largest absolute Gasteiger partial charge is 0.337 e. The highest BCUT2D eigenvalue weighted by Crippen LogP contribution is 2.27. The zero-order valence-corrected chi connectivity index (χ0v) is 31.3. The Labute approximate surface area is 292 Å². The normalized spacial score (nSPS) is 23.0. The van der Waals surface area contributed by atoms with Gasteiger partial charge >= 0.3 is 0 Å². The van der Waals surface area contributed by atoms with Crippen molar-refractivity contribution < 1.29 is 4.79 Å². The van der Waals surface area contributed by atoms with E-state index in [2.05, 4.69) is 141 Å². The first kappa shape index (κ1) is 36.5. The molecule has 0 radical (unpaired) electrons. The fourth-order valence-corrected chi connectivity index (χ4v) is 8.54. The van der Waals surface area contributed by atoms with Gasteiger partial charge in [-0.15, -0.1) is 0 Å². The number of hydrogen-bond donors (Lipinski definition) is 0. The number of nitrogens with zero attached hydrogens (tertiary/aromatic N) is 5. The molecule has 1 aliphatic carbocycles. The molecule has 5 unspecified atom stereocenters. The molecule has 3 aromatic carbocycles. The van der Waals surface area contributed by atoms with Crippen molar-refractivity contribution in [1.29, 1.82) is 0 Å². The van der Waals surface area contributed by atoms with Crippen LogP contribution in [0.5, 0.6) is 0 Å². The number of fused-ring (bicyclic) bond motifs is 1. The van der Waals surface area contributed by atoms with Crippen LogP contribution in [-0.4, -0.2) is 122 Å². The van der Waals surface area contributed by atoms with E-state index in [9.17, 15) is 4.79 Å². The van der Waals surface area contributed by atoms with Gasteiger partial charge in [-0.25, -0.2) is 0 Å². The third-order valence-electron chi connectivity index (χ3n) is 11.5. The van der Waals surface area contributed by atoms with Crippen LogP contribution in [-0.2, 0) is 17.6 Å². The van der Waals surface area contributed by atoms with E-state index in [1.54, 1.807) is 0 Å². The lowest BCUT2D eigenvalue weighted by atomic mass is 9.88. The van der Waals surface area contributed by atoms with Gasteiger partial charge in [0.1, 0.15) is 0 Å². The van der Waals surface area contributed by atoms with Crippen molar-refractivity contribution in [3.63, 3.8) is 0 Å². The molecule has 5 rings (SSSR count). The van der Waals surface area contributed by atoms with Crippen LogP contribution >= 0.6 is 0 Å². The van der Waals surface area contributed by atoms with Gasteiger partial charge in [0, 0.05) is 49.8 Å². The van der Waals surface area contributed by atoms with Crippen molar-refractivity contribution in [1.82, 2.24) is 24.5 Å². The molecule has 2 fully saturated rings. The zero-order valence-electron chi connectivity index (χ0n) is 31.3. The van der Waals surface area contributed by atoms with Crippen LogP contribution in [0.1, 0.15) is 67.7 Å². The molecule has 0 bridgehead atoms. The molecule has 3 aromatic rings. The number of amides is 1. The lowest BCUT2D eigenvalue weighted by Crippen LogP contribution is -2.61. The minimum absolute atomic E-state index is 0.184. The minimum atomic E-state index is 0.184. The molecule has 1 saturated heterocycles. The van der Waals surface area contributed by atoms with Crippen LogP contribution in [0.2, 0.25) is 0 Å². The molecule has 0 spiro atoms. The van der Waals surface area contributed by atoms with Crippen LogP contribution in [0.3, 0.4) is 0 Å². The molecule has 1 heterocycles. The molecule has 6 nitrogen and oxygen atoms in total. The lowest BCUT2D eigenvalue weighted by molar-refractivity contribution is -0.137. The molecule has 1 saturated carbocycles. The monoisotopic (exact) mass is 654 g/mol. The van der Waals surface area contributed by atoms with E-state index in [1.807, 2.05) is 0 Å². The highest BCUT2D eigenvalue weighted by molar-refractivity contribution is 5.85. The van der Waals surface area contributed by atoms with Gasteiger partial charge in [0.25, 0.3) is 0 Å². The SMILES string of the molecule is Cc1ccc(CC(CN2CC(C)N(C(=O)Cc3ccc4ccccc4c3)CC2CCCN(C)C2CCCCC2N(C)C)N(C)C)c(C)c1. The van der Waals surface area contributed by atoms with Gasteiger partial charge in [0.15, 0.2) is 0 Å². The van der Waals surface area contributed by atoms with Gasteiger partial charge in [-0.1, -0.05) is 79.1 Å². The first-order valence-corrected chi connectivity index (χ1v) is 18.6. The molecular weight excluding hydrogens is 590 g/mol. The molecular formula is C42H63N5O. The quantitative estimate of drug-likeness (QED) is 0.206. The van der Waals surface area contributed by atoms with E-state index in [0.29, 0.717) is 30.6 Å². The Bertz CT molecular complexity index is 1490. The molecule has 262 valence electrons. The number of piperazine rings is 1. The smallest absolute Gasteiger partial charge is 0.227 e. The zero-order chi connectivity index (χ0) is 34.4. The summed E-state index contributed by atoms with van der Waals surface area (Å²) in [6.45, 7) is 10.6. The lowest BCUT2D eigenvalue weighted by Gasteiger charge is -2.47. The molecule has 0 aromatic heterocycles. The van der Waals surface area contributed by atoms with E-state index in [4.69, 9.17) is 0 Å². The van der Waals surface area contributed by atoms with Crippen molar-refractivity contribution in [2.75, 3.05) is 61.4 Å². The molecule has 1 amide bonds. The van der Waals surface area contributed by atoms with Gasteiger partial charge in [-0.05, 0) is 122 Å². The first-order chi connectivity index (χ1) is 23.0. The van der Waals surface area contributed by atoms with Crippen LogP contribution in [0.4, 0.5) is 0 Å². The number of benzene rings is 3. The topological polar surface area (TPSA) is 33.3 Å². The van der Waals surface area contributed by atoms with Gasteiger partial charge in [-0.3, -0.25) is 9.69 Å². The van der Waals surface area contributed by atoms with Gasteiger partial charge in [0.2, 0.25) is 5.91 Å². The Morgan fingerprint density at radius 3 is 2.31 bits per heavy atom. The molecule has 1 aliphatic heterocycles. The summed E-state index contributed by atoms with van der Waals surface area (Å²) in [7, 11) is 11.3. The maximum atomic E-state index is 14.0. The number of aryl methyl sites for hydroxylation is 2. The maximum absolute atomic E-state index is 14.0. The predicted octanol–water partition coefficient (Wildman–Crippen LogP) is 6.66. The number of carbonyl (C=O) groups is 1. The minimum Gasteiger partial charge on any atom is -0.337 e. The number of carbonyl (C=O) groups excluding carboxylic acids is 1. The molecule has 2 aliphatic rings. The highest BCUT2D eigenvalue weighted by Gasteiger charge is 2.36. The highest BCUT2D eigenvalue weighted by atomic mass is 16.2.